The Balaban J connectivity index is 1.72. The van der Waals surface area contributed by atoms with Gasteiger partial charge < -0.3 is 9.73 Å². The molecule has 0 atom stereocenters. The molecular formula is C19H9ClN2O2S2. The van der Waals surface area contributed by atoms with E-state index in [2.05, 4.69) is 22.1 Å². The second kappa shape index (κ2) is 6.96. The third-order valence-corrected chi connectivity index (χ3v) is 4.92. The molecule has 1 aromatic carbocycles. The summed E-state index contributed by atoms with van der Waals surface area (Å²) in [4.78, 5) is 16.5. The monoisotopic (exact) mass is 396 g/mol. The molecule has 26 heavy (non-hydrogen) atoms. The number of carbonyl (C=O) groups is 1. The van der Waals surface area contributed by atoms with Crippen LogP contribution >= 0.6 is 35.6 Å². The molecule has 3 heterocycles. The highest BCUT2D eigenvalue weighted by Crippen LogP contribution is 2.29. The second-order valence-corrected chi connectivity index (χ2v) is 7.52. The van der Waals surface area contributed by atoms with Gasteiger partial charge in [-0.25, -0.2) is 0 Å². The lowest BCUT2D eigenvalue weighted by Crippen LogP contribution is -2.17. The number of amides is 1. The van der Waals surface area contributed by atoms with E-state index in [0.29, 0.717) is 31.2 Å². The summed E-state index contributed by atoms with van der Waals surface area (Å²) in [7, 11) is 0. The molecule has 1 amide bonds. The highest BCUT2D eigenvalue weighted by molar-refractivity contribution is 8.26. The molecule has 0 aliphatic carbocycles. The maximum atomic E-state index is 11.8. The third-order valence-electron chi connectivity index (χ3n) is 3.52. The van der Waals surface area contributed by atoms with Crippen LogP contribution in [0.1, 0.15) is 16.9 Å². The molecule has 1 aliphatic heterocycles. The van der Waals surface area contributed by atoms with Gasteiger partial charge in [0.2, 0.25) is 0 Å². The van der Waals surface area contributed by atoms with Gasteiger partial charge in [0.05, 0.1) is 10.5 Å². The van der Waals surface area contributed by atoms with Crippen molar-refractivity contribution in [2.75, 3.05) is 0 Å². The molecule has 0 bridgehead atoms. The molecule has 1 saturated heterocycles. The van der Waals surface area contributed by atoms with Gasteiger partial charge in [0.25, 0.3) is 5.91 Å². The van der Waals surface area contributed by atoms with E-state index in [1.54, 1.807) is 30.6 Å². The number of fused-ring (bicyclic) bond motifs is 1. The SMILES string of the molecule is O=C1NC(=S)S/C1=C\c1cc2cncc(C#Cc3cccc(Cl)c3)c2o1. The fourth-order valence-corrected chi connectivity index (χ4v) is 3.61. The van der Waals surface area contributed by atoms with Gasteiger partial charge in [-0.15, -0.1) is 0 Å². The largest absolute Gasteiger partial charge is 0.455 e. The van der Waals surface area contributed by atoms with Crippen molar-refractivity contribution < 1.29 is 9.21 Å². The van der Waals surface area contributed by atoms with Gasteiger partial charge in [0.15, 0.2) is 5.58 Å². The molecule has 1 aliphatic rings. The number of carbonyl (C=O) groups excluding carboxylic acids is 1. The Morgan fingerprint density at radius 1 is 1.27 bits per heavy atom. The summed E-state index contributed by atoms with van der Waals surface area (Å²) in [5.74, 6) is 6.44. The molecule has 7 heteroatoms. The highest BCUT2D eigenvalue weighted by atomic mass is 35.5. The molecule has 0 unspecified atom stereocenters. The normalized spacial score (nSPS) is 15.2. The minimum atomic E-state index is -0.223. The number of halogens is 1. The molecule has 1 N–H and O–H groups in total. The summed E-state index contributed by atoms with van der Waals surface area (Å²) in [5.41, 5.74) is 2.08. The lowest BCUT2D eigenvalue weighted by molar-refractivity contribution is -0.115. The first kappa shape index (κ1) is 16.9. The van der Waals surface area contributed by atoms with Gasteiger partial charge in [-0.05, 0) is 24.3 Å². The fraction of sp³-hybridized carbons (Fsp3) is 0. The Kier molecular flexibility index (Phi) is 4.51. The van der Waals surface area contributed by atoms with E-state index in [1.807, 2.05) is 18.2 Å². The van der Waals surface area contributed by atoms with Crippen LogP contribution < -0.4 is 5.32 Å². The highest BCUT2D eigenvalue weighted by Gasteiger charge is 2.22. The van der Waals surface area contributed by atoms with Crippen LogP contribution in [0.4, 0.5) is 0 Å². The van der Waals surface area contributed by atoms with Crippen molar-refractivity contribution in [3.05, 3.63) is 69.5 Å². The number of pyridine rings is 1. The van der Waals surface area contributed by atoms with E-state index < -0.39 is 0 Å². The van der Waals surface area contributed by atoms with Crippen molar-refractivity contribution in [2.45, 2.75) is 0 Å². The van der Waals surface area contributed by atoms with Gasteiger partial charge in [0, 0.05) is 34.4 Å². The minimum absolute atomic E-state index is 0.223. The maximum Gasteiger partial charge on any atom is 0.263 e. The number of hydrogen-bond acceptors (Lipinski definition) is 5. The molecule has 1 fully saturated rings. The predicted octanol–water partition coefficient (Wildman–Crippen LogP) is 4.37. The number of benzene rings is 1. The zero-order valence-electron chi connectivity index (χ0n) is 13.1. The number of hydrogen-bond donors (Lipinski definition) is 1. The molecule has 4 nitrogen and oxygen atoms in total. The Morgan fingerprint density at radius 3 is 2.92 bits per heavy atom. The van der Waals surface area contributed by atoms with E-state index >= 15 is 0 Å². The Morgan fingerprint density at radius 2 is 2.15 bits per heavy atom. The van der Waals surface area contributed by atoms with E-state index in [0.717, 1.165) is 10.9 Å². The summed E-state index contributed by atoms with van der Waals surface area (Å²) in [5, 5.41) is 4.01. The van der Waals surface area contributed by atoms with Crippen LogP contribution in [0.3, 0.4) is 0 Å². The van der Waals surface area contributed by atoms with Crippen LogP contribution in [0.15, 0.2) is 52.0 Å². The first-order valence-corrected chi connectivity index (χ1v) is 9.09. The number of rotatable bonds is 1. The summed E-state index contributed by atoms with van der Waals surface area (Å²) >= 11 is 12.2. The van der Waals surface area contributed by atoms with E-state index in [9.17, 15) is 4.79 Å². The molecule has 2 aromatic heterocycles. The Bertz CT molecular complexity index is 1160. The molecule has 0 radical (unpaired) electrons. The second-order valence-electron chi connectivity index (χ2n) is 5.37. The molecular weight excluding hydrogens is 388 g/mol. The average Bonchev–Trinajstić information content (AvgIpc) is 3.15. The van der Waals surface area contributed by atoms with E-state index in [4.69, 9.17) is 28.2 Å². The van der Waals surface area contributed by atoms with Crippen molar-refractivity contribution in [2.24, 2.45) is 0 Å². The topological polar surface area (TPSA) is 55.1 Å². The summed E-state index contributed by atoms with van der Waals surface area (Å²) in [6.45, 7) is 0. The maximum absolute atomic E-state index is 11.8. The standard InChI is InChI=1S/C19H9ClN2O2S2/c20-14-3-1-2-11(6-14)4-5-12-9-21-10-13-7-15(24-17(12)13)8-16-18(23)22-19(25)26-16/h1-3,6-10H,(H,22,23,25)/b16-8-. The van der Waals surface area contributed by atoms with Gasteiger partial charge in [-0.3, -0.25) is 9.78 Å². The number of thioether (sulfide) groups is 1. The Labute approximate surface area is 163 Å². The number of furan rings is 1. The van der Waals surface area contributed by atoms with Gasteiger partial charge in [-0.2, -0.15) is 0 Å². The number of aromatic nitrogens is 1. The van der Waals surface area contributed by atoms with Crippen LogP contribution in [0.25, 0.3) is 17.0 Å². The van der Waals surface area contributed by atoms with Crippen molar-refractivity contribution in [3.8, 4) is 11.8 Å². The minimum Gasteiger partial charge on any atom is -0.455 e. The van der Waals surface area contributed by atoms with E-state index in [-0.39, 0.29) is 5.91 Å². The van der Waals surface area contributed by atoms with Crippen molar-refractivity contribution in [1.82, 2.24) is 10.3 Å². The lowest BCUT2D eigenvalue weighted by Gasteiger charge is -1.93. The number of thiocarbonyl (C=S) groups is 1. The average molecular weight is 397 g/mol. The lowest BCUT2D eigenvalue weighted by atomic mass is 10.2. The van der Waals surface area contributed by atoms with Crippen molar-refractivity contribution >= 4 is 62.9 Å². The summed E-state index contributed by atoms with van der Waals surface area (Å²) in [6.07, 6.45) is 5.00. The summed E-state index contributed by atoms with van der Waals surface area (Å²) < 4.78 is 6.31. The van der Waals surface area contributed by atoms with Gasteiger partial charge >= 0.3 is 0 Å². The first-order chi connectivity index (χ1) is 12.6. The van der Waals surface area contributed by atoms with Crippen LogP contribution in [-0.2, 0) is 4.79 Å². The van der Waals surface area contributed by atoms with E-state index in [1.165, 1.54) is 11.8 Å². The number of nitrogens with zero attached hydrogens (tertiary/aromatic N) is 1. The zero-order chi connectivity index (χ0) is 18.1. The van der Waals surface area contributed by atoms with Crippen LogP contribution in [0, 0.1) is 11.8 Å². The number of nitrogens with one attached hydrogen (secondary N) is 1. The molecule has 0 saturated carbocycles. The molecule has 126 valence electrons. The quantitative estimate of drug-likeness (QED) is 0.376. The summed E-state index contributed by atoms with van der Waals surface area (Å²) in [6, 6.07) is 9.12. The smallest absolute Gasteiger partial charge is 0.263 e. The van der Waals surface area contributed by atoms with Crippen molar-refractivity contribution in [3.63, 3.8) is 0 Å². The zero-order valence-corrected chi connectivity index (χ0v) is 15.5. The molecule has 0 spiro atoms. The van der Waals surface area contributed by atoms with Gasteiger partial charge in [0.1, 0.15) is 10.1 Å². The van der Waals surface area contributed by atoms with Crippen LogP contribution in [0.5, 0.6) is 0 Å². The predicted molar refractivity (Wildman–Crippen MR) is 108 cm³/mol. The first-order valence-electron chi connectivity index (χ1n) is 7.48. The molecule has 4 rings (SSSR count). The Hall–Kier alpha value is -2.59. The van der Waals surface area contributed by atoms with Crippen molar-refractivity contribution in [1.29, 1.82) is 0 Å². The molecule has 3 aromatic rings. The third kappa shape index (κ3) is 3.51. The fourth-order valence-electron chi connectivity index (χ4n) is 2.40. The van der Waals surface area contributed by atoms with Gasteiger partial charge in [-0.1, -0.05) is 53.5 Å². The van der Waals surface area contributed by atoms with Crippen LogP contribution in [0.2, 0.25) is 5.02 Å². The van der Waals surface area contributed by atoms with Crippen LogP contribution in [-0.4, -0.2) is 15.2 Å².